The van der Waals surface area contributed by atoms with Gasteiger partial charge in [-0.15, -0.1) is 0 Å². The maximum Gasteiger partial charge on any atom is 0.316 e. The van der Waals surface area contributed by atoms with Gasteiger partial charge in [-0.25, -0.2) is 4.79 Å². The number of hydrogen-bond donors (Lipinski definition) is 2. The fraction of sp³-hybridized carbons (Fsp3) is 0.0741. The third kappa shape index (κ3) is 4.11. The molecule has 0 heterocycles. The summed E-state index contributed by atoms with van der Waals surface area (Å²) in [6.07, 6.45) is 0. The highest BCUT2D eigenvalue weighted by atomic mass is 16.2. The number of hydrogen-bond acceptors (Lipinski definition) is 1. The average Bonchev–Trinajstić information content (AvgIpc) is 2.83. The number of carbonyl (C=O) groups excluding carboxylic acids is 1. The van der Waals surface area contributed by atoms with E-state index in [1.807, 2.05) is 84.9 Å². The molecule has 0 saturated heterocycles. The zero-order chi connectivity index (χ0) is 20.7. The summed E-state index contributed by atoms with van der Waals surface area (Å²) in [5.74, 6) is 0. The van der Waals surface area contributed by atoms with Crippen LogP contribution in [-0.2, 0) is 12.1 Å². The summed E-state index contributed by atoms with van der Waals surface area (Å²) < 4.78 is 0. The Balaban J connectivity index is 1.76. The van der Waals surface area contributed by atoms with E-state index in [0.717, 1.165) is 22.3 Å². The van der Waals surface area contributed by atoms with Crippen LogP contribution in [-0.4, -0.2) is 6.03 Å². The molecule has 0 saturated carbocycles. The van der Waals surface area contributed by atoms with Crippen LogP contribution in [0.2, 0.25) is 0 Å². The van der Waals surface area contributed by atoms with Gasteiger partial charge in [0.2, 0.25) is 0 Å². The Bertz CT molecular complexity index is 968. The van der Waals surface area contributed by atoms with Gasteiger partial charge in [0.15, 0.2) is 0 Å². The minimum atomic E-state index is -0.815. The van der Waals surface area contributed by atoms with Crippen molar-refractivity contribution in [3.63, 3.8) is 0 Å². The van der Waals surface area contributed by atoms with E-state index in [1.165, 1.54) is 0 Å². The molecule has 0 spiro atoms. The number of urea groups is 1. The lowest BCUT2D eigenvalue weighted by molar-refractivity contribution is 0.233. The largest absolute Gasteiger partial charge is 0.334 e. The molecule has 0 aliphatic heterocycles. The summed E-state index contributed by atoms with van der Waals surface area (Å²) in [5.41, 5.74) is 3.23. The zero-order valence-electron chi connectivity index (χ0n) is 16.7. The van der Waals surface area contributed by atoms with Gasteiger partial charge in [0.25, 0.3) is 0 Å². The van der Waals surface area contributed by atoms with E-state index >= 15 is 0 Å². The SMILES string of the molecule is O=C(NCc1ccccc1)NC(c1ccccc1)(c1ccccc1)c1ccccc1. The molecule has 4 aromatic carbocycles. The Morgan fingerprint density at radius 3 is 1.33 bits per heavy atom. The highest BCUT2D eigenvalue weighted by Crippen LogP contribution is 2.36. The summed E-state index contributed by atoms with van der Waals surface area (Å²) in [4.78, 5) is 13.1. The number of benzene rings is 4. The summed E-state index contributed by atoms with van der Waals surface area (Å²) in [6.45, 7) is 0.459. The molecule has 148 valence electrons. The van der Waals surface area contributed by atoms with Crippen LogP contribution in [0.15, 0.2) is 121 Å². The van der Waals surface area contributed by atoms with Crippen molar-refractivity contribution in [3.8, 4) is 0 Å². The third-order valence-corrected chi connectivity index (χ3v) is 5.22. The Morgan fingerprint density at radius 2 is 0.933 bits per heavy atom. The topological polar surface area (TPSA) is 41.1 Å². The normalized spacial score (nSPS) is 10.9. The molecule has 0 aliphatic rings. The molecule has 4 rings (SSSR count). The number of rotatable bonds is 6. The Kier molecular flexibility index (Phi) is 5.90. The standard InChI is InChI=1S/C27H24N2O/c30-26(28-21-22-13-5-1-6-14-22)29-27(23-15-7-2-8-16-23,24-17-9-3-10-18-24)25-19-11-4-12-20-25/h1-20H,21H2,(H2,28,29,30). The summed E-state index contributed by atoms with van der Waals surface area (Å²) >= 11 is 0. The zero-order valence-corrected chi connectivity index (χ0v) is 16.7. The molecule has 3 heteroatoms. The first-order valence-corrected chi connectivity index (χ1v) is 10.1. The van der Waals surface area contributed by atoms with E-state index in [9.17, 15) is 4.79 Å². The van der Waals surface area contributed by atoms with Crippen molar-refractivity contribution in [1.82, 2.24) is 10.6 Å². The quantitative estimate of drug-likeness (QED) is 0.419. The van der Waals surface area contributed by atoms with Gasteiger partial charge in [0, 0.05) is 6.54 Å². The predicted octanol–water partition coefficient (Wildman–Crippen LogP) is 5.48. The van der Waals surface area contributed by atoms with E-state index in [1.54, 1.807) is 0 Å². The van der Waals surface area contributed by atoms with Crippen LogP contribution in [0.1, 0.15) is 22.3 Å². The van der Waals surface area contributed by atoms with Gasteiger partial charge in [0.05, 0.1) is 0 Å². The van der Waals surface area contributed by atoms with Crippen LogP contribution in [0.3, 0.4) is 0 Å². The van der Waals surface area contributed by atoms with Crippen molar-refractivity contribution in [3.05, 3.63) is 144 Å². The molecular weight excluding hydrogens is 368 g/mol. The molecule has 0 bridgehead atoms. The first kappa shape index (κ1) is 19.5. The Hall–Kier alpha value is -3.85. The molecule has 4 aromatic rings. The lowest BCUT2D eigenvalue weighted by atomic mass is 9.77. The summed E-state index contributed by atoms with van der Waals surface area (Å²) in [7, 11) is 0. The summed E-state index contributed by atoms with van der Waals surface area (Å²) in [5, 5.41) is 6.31. The molecule has 0 unspecified atom stereocenters. The van der Waals surface area contributed by atoms with E-state index in [-0.39, 0.29) is 6.03 Å². The van der Waals surface area contributed by atoms with Crippen LogP contribution in [0.25, 0.3) is 0 Å². The number of nitrogens with one attached hydrogen (secondary N) is 2. The predicted molar refractivity (Wildman–Crippen MR) is 121 cm³/mol. The maximum atomic E-state index is 13.1. The second-order valence-corrected chi connectivity index (χ2v) is 7.14. The minimum Gasteiger partial charge on any atom is -0.334 e. The van der Waals surface area contributed by atoms with E-state index in [0.29, 0.717) is 6.54 Å². The molecule has 0 atom stereocenters. The fourth-order valence-corrected chi connectivity index (χ4v) is 3.77. The lowest BCUT2D eigenvalue weighted by Crippen LogP contribution is -2.51. The van der Waals surface area contributed by atoms with Crippen molar-refractivity contribution in [2.24, 2.45) is 0 Å². The fourth-order valence-electron chi connectivity index (χ4n) is 3.77. The molecule has 2 N–H and O–H groups in total. The maximum absolute atomic E-state index is 13.1. The minimum absolute atomic E-state index is 0.226. The van der Waals surface area contributed by atoms with Crippen molar-refractivity contribution in [1.29, 1.82) is 0 Å². The second kappa shape index (κ2) is 9.10. The molecule has 0 fully saturated rings. The molecular formula is C27H24N2O. The molecule has 2 amide bonds. The van der Waals surface area contributed by atoms with Crippen LogP contribution < -0.4 is 10.6 Å². The Morgan fingerprint density at radius 1 is 0.567 bits per heavy atom. The molecule has 0 radical (unpaired) electrons. The highest BCUT2D eigenvalue weighted by Gasteiger charge is 2.37. The molecule has 3 nitrogen and oxygen atoms in total. The van der Waals surface area contributed by atoms with E-state index in [2.05, 4.69) is 47.0 Å². The number of amides is 2. The van der Waals surface area contributed by atoms with Crippen molar-refractivity contribution in [2.45, 2.75) is 12.1 Å². The van der Waals surface area contributed by atoms with Crippen molar-refractivity contribution < 1.29 is 4.79 Å². The van der Waals surface area contributed by atoms with Crippen LogP contribution in [0.4, 0.5) is 4.79 Å². The Labute approximate surface area is 177 Å². The molecule has 0 aliphatic carbocycles. The van der Waals surface area contributed by atoms with Crippen LogP contribution in [0, 0.1) is 0 Å². The highest BCUT2D eigenvalue weighted by molar-refractivity contribution is 5.77. The van der Waals surface area contributed by atoms with E-state index in [4.69, 9.17) is 0 Å². The van der Waals surface area contributed by atoms with Gasteiger partial charge in [-0.05, 0) is 22.3 Å². The third-order valence-electron chi connectivity index (χ3n) is 5.22. The lowest BCUT2D eigenvalue weighted by Gasteiger charge is -2.36. The molecule has 0 aromatic heterocycles. The van der Waals surface area contributed by atoms with Gasteiger partial charge in [-0.3, -0.25) is 0 Å². The smallest absolute Gasteiger partial charge is 0.316 e. The van der Waals surface area contributed by atoms with Crippen LogP contribution >= 0.6 is 0 Å². The number of carbonyl (C=O) groups is 1. The summed E-state index contributed by atoms with van der Waals surface area (Å²) in [6, 6.07) is 40.0. The van der Waals surface area contributed by atoms with Gasteiger partial charge >= 0.3 is 6.03 Å². The van der Waals surface area contributed by atoms with Gasteiger partial charge < -0.3 is 10.6 Å². The van der Waals surface area contributed by atoms with Gasteiger partial charge in [-0.1, -0.05) is 121 Å². The average molecular weight is 393 g/mol. The van der Waals surface area contributed by atoms with Gasteiger partial charge in [-0.2, -0.15) is 0 Å². The molecule has 30 heavy (non-hydrogen) atoms. The van der Waals surface area contributed by atoms with Crippen molar-refractivity contribution in [2.75, 3.05) is 0 Å². The second-order valence-electron chi connectivity index (χ2n) is 7.14. The first-order valence-electron chi connectivity index (χ1n) is 10.1. The van der Waals surface area contributed by atoms with Crippen molar-refractivity contribution >= 4 is 6.03 Å². The van der Waals surface area contributed by atoms with E-state index < -0.39 is 5.54 Å². The first-order chi connectivity index (χ1) is 14.8. The monoisotopic (exact) mass is 392 g/mol. The van der Waals surface area contributed by atoms with Gasteiger partial charge in [0.1, 0.15) is 5.54 Å². The van der Waals surface area contributed by atoms with Crippen LogP contribution in [0.5, 0.6) is 0 Å².